The molecule has 1 aliphatic heterocycles. The Labute approximate surface area is 196 Å². The topological polar surface area (TPSA) is 78.9 Å². The van der Waals surface area contributed by atoms with Gasteiger partial charge in [0, 0.05) is 30.4 Å². The minimum absolute atomic E-state index is 0.0525. The molecule has 33 heavy (non-hydrogen) atoms. The molecule has 1 atom stereocenters. The third-order valence-electron chi connectivity index (χ3n) is 6.06. The van der Waals surface area contributed by atoms with E-state index in [1.54, 1.807) is 13.0 Å². The molecule has 1 heterocycles. The van der Waals surface area contributed by atoms with Crippen LogP contribution in [-0.4, -0.2) is 43.1 Å². The number of hydrogen-bond acceptors (Lipinski definition) is 5. The highest BCUT2D eigenvalue weighted by Gasteiger charge is 2.22. The summed E-state index contributed by atoms with van der Waals surface area (Å²) in [6.45, 7) is 8.82. The number of ketones is 1. The fraction of sp³-hybridized carbons (Fsp3) is 0.481. The Kier molecular flexibility index (Phi) is 8.89. The maximum Gasteiger partial charge on any atom is 0.339 e. The summed E-state index contributed by atoms with van der Waals surface area (Å²) < 4.78 is 5.46. The van der Waals surface area contributed by atoms with Crippen molar-refractivity contribution in [2.75, 3.05) is 31.1 Å². The average Bonchev–Trinajstić information content (AvgIpc) is 2.82. The van der Waals surface area contributed by atoms with Gasteiger partial charge in [-0.3, -0.25) is 4.79 Å². The third-order valence-corrected chi connectivity index (χ3v) is 6.06. The van der Waals surface area contributed by atoms with Gasteiger partial charge in [0.25, 0.3) is 0 Å². The number of carbonyl (C=O) groups is 2. The molecule has 1 aliphatic rings. The Hall–Kier alpha value is -2.86. The summed E-state index contributed by atoms with van der Waals surface area (Å²) in [6.07, 6.45) is 4.62. The largest absolute Gasteiger partial charge is 0.493 e. The molecule has 178 valence electrons. The number of carboxylic acids is 1. The summed E-state index contributed by atoms with van der Waals surface area (Å²) in [5.74, 6) is -0.463. The maximum absolute atomic E-state index is 13.0. The number of benzene rings is 2. The van der Waals surface area contributed by atoms with Crippen molar-refractivity contribution in [2.24, 2.45) is 5.92 Å². The quantitative estimate of drug-likeness (QED) is 0.449. The Morgan fingerprint density at radius 3 is 2.48 bits per heavy atom. The Morgan fingerprint density at radius 1 is 1.09 bits per heavy atom. The summed E-state index contributed by atoms with van der Waals surface area (Å²) in [4.78, 5) is 26.9. The number of anilines is 1. The van der Waals surface area contributed by atoms with Crippen molar-refractivity contribution < 1.29 is 19.4 Å². The Morgan fingerprint density at radius 2 is 1.82 bits per heavy atom. The van der Waals surface area contributed by atoms with Crippen LogP contribution in [0.1, 0.15) is 78.8 Å². The first-order valence-corrected chi connectivity index (χ1v) is 12.0. The lowest BCUT2D eigenvalue weighted by molar-refractivity contribution is 0.0692. The molecule has 6 nitrogen and oxygen atoms in total. The van der Waals surface area contributed by atoms with Crippen molar-refractivity contribution in [3.05, 3.63) is 59.2 Å². The fourth-order valence-corrected chi connectivity index (χ4v) is 4.46. The summed E-state index contributed by atoms with van der Waals surface area (Å²) in [7, 11) is 0. The van der Waals surface area contributed by atoms with Crippen LogP contribution >= 0.6 is 0 Å². The van der Waals surface area contributed by atoms with E-state index in [-0.39, 0.29) is 29.7 Å². The van der Waals surface area contributed by atoms with Crippen molar-refractivity contribution in [1.82, 2.24) is 5.32 Å². The second kappa shape index (κ2) is 11.8. The molecule has 2 N–H and O–H groups in total. The lowest BCUT2D eigenvalue weighted by Crippen LogP contribution is -2.33. The molecule has 6 heteroatoms. The Balaban J connectivity index is 1.79. The normalized spacial score (nSPS) is 14.8. The number of piperidine rings is 1. The second-order valence-electron chi connectivity index (χ2n) is 9.04. The van der Waals surface area contributed by atoms with Gasteiger partial charge in [-0.05, 0) is 62.3 Å². The SMILES string of the molecule is CCOc1cc(C(=O)CN[C@@H](CC(C)C)c2ccccc2N2CCCCC2)ccc1C(=O)O. The summed E-state index contributed by atoms with van der Waals surface area (Å²) in [5, 5.41) is 12.9. The lowest BCUT2D eigenvalue weighted by Gasteiger charge is -2.33. The summed E-state index contributed by atoms with van der Waals surface area (Å²) in [5.41, 5.74) is 3.00. The van der Waals surface area contributed by atoms with E-state index in [1.165, 1.54) is 42.6 Å². The first kappa shape index (κ1) is 24.8. The zero-order valence-corrected chi connectivity index (χ0v) is 20.0. The van der Waals surface area contributed by atoms with Gasteiger partial charge >= 0.3 is 5.97 Å². The molecule has 0 radical (unpaired) electrons. The van der Waals surface area contributed by atoms with E-state index in [4.69, 9.17) is 4.74 Å². The number of ether oxygens (including phenoxy) is 1. The zero-order chi connectivity index (χ0) is 23.8. The molecule has 0 saturated carbocycles. The molecular weight excluding hydrogens is 416 g/mol. The zero-order valence-electron chi connectivity index (χ0n) is 20.0. The molecule has 0 aliphatic carbocycles. The lowest BCUT2D eigenvalue weighted by atomic mass is 9.94. The molecule has 1 fully saturated rings. The summed E-state index contributed by atoms with van der Waals surface area (Å²) in [6, 6.07) is 13.1. The molecule has 2 aromatic carbocycles. The van der Waals surface area contributed by atoms with E-state index >= 15 is 0 Å². The van der Waals surface area contributed by atoms with Gasteiger partial charge < -0.3 is 20.1 Å². The molecule has 3 rings (SSSR count). The van der Waals surface area contributed by atoms with Gasteiger partial charge in [0.15, 0.2) is 5.78 Å². The van der Waals surface area contributed by atoms with Crippen LogP contribution in [0.25, 0.3) is 0 Å². The highest BCUT2D eigenvalue weighted by molar-refractivity contribution is 6.00. The smallest absolute Gasteiger partial charge is 0.339 e. The number of aromatic carboxylic acids is 1. The molecule has 0 bridgehead atoms. The average molecular weight is 453 g/mol. The van der Waals surface area contributed by atoms with Crippen LogP contribution in [0.3, 0.4) is 0 Å². The maximum atomic E-state index is 13.0. The highest BCUT2D eigenvalue weighted by Crippen LogP contribution is 2.32. The van der Waals surface area contributed by atoms with Crippen molar-refractivity contribution in [2.45, 2.75) is 52.5 Å². The minimum atomic E-state index is -1.07. The number of nitrogens with one attached hydrogen (secondary N) is 1. The molecule has 0 unspecified atom stereocenters. The number of Topliss-reactive ketones (excluding diaryl/α,β-unsaturated/α-hetero) is 1. The van der Waals surface area contributed by atoms with Gasteiger partial charge in [-0.2, -0.15) is 0 Å². The molecule has 0 spiro atoms. The number of carbonyl (C=O) groups excluding carboxylic acids is 1. The Bertz CT molecular complexity index is 951. The van der Waals surface area contributed by atoms with Gasteiger partial charge in [-0.25, -0.2) is 4.79 Å². The van der Waals surface area contributed by atoms with Crippen LogP contribution in [0.15, 0.2) is 42.5 Å². The predicted molar refractivity (Wildman–Crippen MR) is 132 cm³/mol. The molecule has 2 aromatic rings. The second-order valence-corrected chi connectivity index (χ2v) is 9.04. The van der Waals surface area contributed by atoms with Crippen LogP contribution in [-0.2, 0) is 0 Å². The van der Waals surface area contributed by atoms with E-state index in [9.17, 15) is 14.7 Å². The first-order chi connectivity index (χ1) is 15.9. The number of rotatable bonds is 11. The summed E-state index contributed by atoms with van der Waals surface area (Å²) >= 11 is 0. The molecule has 1 saturated heterocycles. The fourth-order valence-electron chi connectivity index (χ4n) is 4.46. The third kappa shape index (κ3) is 6.57. The van der Waals surface area contributed by atoms with Crippen LogP contribution in [0, 0.1) is 5.92 Å². The van der Waals surface area contributed by atoms with Crippen molar-refractivity contribution in [1.29, 1.82) is 0 Å². The van der Waals surface area contributed by atoms with Gasteiger partial charge in [-0.1, -0.05) is 38.1 Å². The van der Waals surface area contributed by atoms with Crippen LogP contribution in [0.2, 0.25) is 0 Å². The van der Waals surface area contributed by atoms with Gasteiger partial charge in [-0.15, -0.1) is 0 Å². The number of para-hydroxylation sites is 1. The number of carboxylic acid groups (broad SMARTS) is 1. The number of nitrogens with zero attached hydrogens (tertiary/aromatic N) is 1. The minimum Gasteiger partial charge on any atom is -0.493 e. The van der Waals surface area contributed by atoms with E-state index in [0.29, 0.717) is 18.1 Å². The van der Waals surface area contributed by atoms with Crippen molar-refractivity contribution in [3.8, 4) is 5.75 Å². The first-order valence-electron chi connectivity index (χ1n) is 12.0. The molecule has 0 aromatic heterocycles. The van der Waals surface area contributed by atoms with E-state index < -0.39 is 5.97 Å². The molecular formula is C27H36N2O4. The van der Waals surface area contributed by atoms with E-state index in [0.717, 1.165) is 19.5 Å². The predicted octanol–water partition coefficient (Wildman–Crippen LogP) is 5.33. The standard InChI is InChI=1S/C27H36N2O4/c1-4-33-26-17-20(12-13-22(26)27(31)32)25(30)18-28-23(16-19(2)3)21-10-6-7-11-24(21)29-14-8-5-9-15-29/h6-7,10-13,17,19,23,28H,4-5,8-9,14-16,18H2,1-3H3,(H,31,32)/t23-/m0/s1. The van der Waals surface area contributed by atoms with Crippen LogP contribution < -0.4 is 15.0 Å². The van der Waals surface area contributed by atoms with Crippen molar-refractivity contribution >= 4 is 17.4 Å². The van der Waals surface area contributed by atoms with Crippen molar-refractivity contribution in [3.63, 3.8) is 0 Å². The molecule has 0 amide bonds. The van der Waals surface area contributed by atoms with Gasteiger partial charge in [0.2, 0.25) is 0 Å². The number of hydrogen-bond donors (Lipinski definition) is 2. The van der Waals surface area contributed by atoms with Crippen LogP contribution in [0.4, 0.5) is 5.69 Å². The monoisotopic (exact) mass is 452 g/mol. The van der Waals surface area contributed by atoms with E-state index in [2.05, 4.69) is 48.3 Å². The van der Waals surface area contributed by atoms with Gasteiger partial charge in [0.05, 0.1) is 13.2 Å². The van der Waals surface area contributed by atoms with Crippen LogP contribution in [0.5, 0.6) is 5.75 Å². The highest BCUT2D eigenvalue weighted by atomic mass is 16.5. The van der Waals surface area contributed by atoms with Gasteiger partial charge in [0.1, 0.15) is 11.3 Å². The van der Waals surface area contributed by atoms with E-state index in [1.807, 2.05) is 0 Å².